The van der Waals surface area contributed by atoms with E-state index in [1.165, 1.54) is 7.05 Å². The molecule has 0 aromatic heterocycles. The van der Waals surface area contributed by atoms with Crippen molar-refractivity contribution >= 4 is 51.6 Å². The van der Waals surface area contributed by atoms with Crippen LogP contribution in [-0.2, 0) is 23.1 Å². The first-order valence-corrected chi connectivity index (χ1v) is 10.5. The van der Waals surface area contributed by atoms with E-state index in [1.54, 1.807) is 18.2 Å². The van der Waals surface area contributed by atoms with Crippen LogP contribution < -0.4 is 10.0 Å². The van der Waals surface area contributed by atoms with Crippen molar-refractivity contribution in [1.82, 2.24) is 14.9 Å². The molecule has 0 unspecified atom stereocenters. The molecule has 0 atom stereocenters. The minimum absolute atomic E-state index is 0. The van der Waals surface area contributed by atoms with Gasteiger partial charge in [-0.3, -0.25) is 0 Å². The molecule has 0 saturated heterocycles. The summed E-state index contributed by atoms with van der Waals surface area (Å²) < 4.78 is 26.2. The van der Waals surface area contributed by atoms with Crippen molar-refractivity contribution in [3.8, 4) is 0 Å². The molecule has 9 heteroatoms. The lowest BCUT2D eigenvalue weighted by Gasteiger charge is -2.22. The van der Waals surface area contributed by atoms with Gasteiger partial charge in [0, 0.05) is 25.2 Å². The van der Waals surface area contributed by atoms with Gasteiger partial charge in [-0.1, -0.05) is 35.9 Å². The number of nitrogens with one attached hydrogen (secondary N) is 2. The number of hydrogen-bond donors (Lipinski definition) is 2. The Morgan fingerprint density at radius 3 is 2.46 bits per heavy atom. The molecule has 2 N–H and O–H groups in total. The fraction of sp³-hybridized carbons (Fsp3) is 0.316. The Balaban J connectivity index is 0.00000392. The fourth-order valence-corrected chi connectivity index (χ4v) is 3.56. The topological polar surface area (TPSA) is 73.8 Å². The van der Waals surface area contributed by atoms with Crippen LogP contribution in [0, 0.1) is 0 Å². The van der Waals surface area contributed by atoms with Gasteiger partial charge in [-0.2, -0.15) is 0 Å². The van der Waals surface area contributed by atoms with Crippen molar-refractivity contribution in [1.29, 1.82) is 0 Å². The normalized spacial score (nSPS) is 11.6. The predicted molar refractivity (Wildman–Crippen MR) is 126 cm³/mol. The first-order valence-electron chi connectivity index (χ1n) is 8.62. The Hall–Kier alpha value is -1.36. The van der Waals surface area contributed by atoms with Crippen LogP contribution >= 0.6 is 35.6 Å². The lowest BCUT2D eigenvalue weighted by molar-refractivity contribution is 0.477. The third-order valence-corrected chi connectivity index (χ3v) is 5.54. The number of guanidine groups is 1. The molecule has 28 heavy (non-hydrogen) atoms. The summed E-state index contributed by atoms with van der Waals surface area (Å²) in [6, 6.07) is 14.5. The highest BCUT2D eigenvalue weighted by molar-refractivity contribution is 14.0. The highest BCUT2D eigenvalue weighted by Gasteiger charge is 2.12. The Morgan fingerprint density at radius 2 is 1.82 bits per heavy atom. The lowest BCUT2D eigenvalue weighted by Crippen LogP contribution is -2.38. The highest BCUT2D eigenvalue weighted by Crippen LogP contribution is 2.14. The van der Waals surface area contributed by atoms with E-state index < -0.39 is 10.0 Å². The molecule has 0 heterocycles. The second kappa shape index (κ2) is 11.6. The van der Waals surface area contributed by atoms with Crippen LogP contribution in [0.15, 0.2) is 58.4 Å². The van der Waals surface area contributed by atoms with Gasteiger partial charge in [-0.15, -0.1) is 24.0 Å². The van der Waals surface area contributed by atoms with Gasteiger partial charge in [-0.05, 0) is 49.4 Å². The van der Waals surface area contributed by atoms with Gasteiger partial charge in [0.15, 0.2) is 5.96 Å². The van der Waals surface area contributed by atoms with Crippen molar-refractivity contribution < 1.29 is 8.42 Å². The first-order chi connectivity index (χ1) is 12.9. The zero-order chi connectivity index (χ0) is 19.9. The number of nitrogens with zero attached hydrogens (tertiary/aromatic N) is 2. The second-order valence-corrected chi connectivity index (χ2v) is 8.33. The molecular formula is C19H26ClIN4O2S. The molecule has 2 aromatic carbocycles. The van der Waals surface area contributed by atoms with Crippen molar-refractivity contribution in [2.24, 2.45) is 4.99 Å². The standard InChI is InChI=1S/C19H25ClN4O2S.HI/c1-4-22-19(24(3)14-16-8-5-9-17(20)11-16)23-13-15-7-6-10-18(12-15)27(25,26)21-2;/h5-12,21H,4,13-14H2,1-3H3,(H,22,23);1H. The Bertz CT molecular complexity index is 906. The van der Waals surface area contributed by atoms with Crippen molar-refractivity contribution in [3.63, 3.8) is 0 Å². The predicted octanol–water partition coefficient (Wildman–Crippen LogP) is 3.46. The van der Waals surface area contributed by atoms with Gasteiger partial charge in [-0.25, -0.2) is 18.1 Å². The van der Waals surface area contributed by atoms with E-state index in [-0.39, 0.29) is 28.9 Å². The molecule has 0 fully saturated rings. The van der Waals surface area contributed by atoms with Crippen molar-refractivity contribution in [2.75, 3.05) is 20.6 Å². The quantitative estimate of drug-likeness (QED) is 0.323. The van der Waals surface area contributed by atoms with Crippen LogP contribution in [0.4, 0.5) is 0 Å². The van der Waals surface area contributed by atoms with Gasteiger partial charge in [0.1, 0.15) is 0 Å². The van der Waals surface area contributed by atoms with Crippen LogP contribution in [0.3, 0.4) is 0 Å². The lowest BCUT2D eigenvalue weighted by atomic mass is 10.2. The van der Waals surface area contributed by atoms with Crippen LogP contribution in [-0.4, -0.2) is 39.9 Å². The Kier molecular flexibility index (Phi) is 10.2. The largest absolute Gasteiger partial charge is 0.357 e. The van der Waals surface area contributed by atoms with E-state index in [9.17, 15) is 8.42 Å². The SMILES string of the molecule is CCNC(=NCc1cccc(S(=O)(=O)NC)c1)N(C)Cc1cccc(Cl)c1.I. The molecule has 0 saturated carbocycles. The number of benzene rings is 2. The minimum Gasteiger partial charge on any atom is -0.357 e. The summed E-state index contributed by atoms with van der Waals surface area (Å²) in [4.78, 5) is 6.87. The van der Waals surface area contributed by atoms with Gasteiger partial charge in [0.25, 0.3) is 0 Å². The molecular weight excluding hydrogens is 511 g/mol. The molecule has 6 nitrogen and oxygen atoms in total. The molecule has 0 bridgehead atoms. The highest BCUT2D eigenvalue weighted by atomic mass is 127. The zero-order valence-electron chi connectivity index (χ0n) is 16.1. The van der Waals surface area contributed by atoms with Gasteiger partial charge in [0.05, 0.1) is 11.4 Å². The third kappa shape index (κ3) is 7.23. The number of hydrogen-bond acceptors (Lipinski definition) is 3. The Labute approximate surface area is 189 Å². The molecule has 0 aliphatic heterocycles. The molecule has 0 spiro atoms. The number of sulfonamides is 1. The molecule has 2 rings (SSSR count). The van der Waals surface area contributed by atoms with Gasteiger partial charge < -0.3 is 10.2 Å². The van der Waals surface area contributed by atoms with Crippen molar-refractivity contribution in [2.45, 2.75) is 24.9 Å². The van der Waals surface area contributed by atoms with Gasteiger partial charge in [0.2, 0.25) is 10.0 Å². The van der Waals surface area contributed by atoms with E-state index in [4.69, 9.17) is 11.6 Å². The zero-order valence-corrected chi connectivity index (χ0v) is 20.0. The maximum atomic E-state index is 12.0. The van der Waals surface area contributed by atoms with E-state index in [0.717, 1.165) is 23.6 Å². The minimum atomic E-state index is -3.47. The van der Waals surface area contributed by atoms with E-state index in [1.807, 2.05) is 49.2 Å². The summed E-state index contributed by atoms with van der Waals surface area (Å²) in [6.45, 7) is 3.76. The van der Waals surface area contributed by atoms with E-state index >= 15 is 0 Å². The smallest absolute Gasteiger partial charge is 0.240 e. The van der Waals surface area contributed by atoms with Crippen molar-refractivity contribution in [3.05, 3.63) is 64.7 Å². The molecule has 2 aromatic rings. The van der Waals surface area contributed by atoms with Crippen LogP contribution in [0.25, 0.3) is 0 Å². The van der Waals surface area contributed by atoms with Gasteiger partial charge >= 0.3 is 0 Å². The number of aliphatic imine (C=N–C) groups is 1. The molecule has 0 radical (unpaired) electrons. The first kappa shape index (κ1) is 24.7. The third-order valence-electron chi connectivity index (χ3n) is 3.89. The average Bonchev–Trinajstić information content (AvgIpc) is 2.65. The molecule has 0 amide bonds. The molecule has 0 aliphatic carbocycles. The summed E-state index contributed by atoms with van der Waals surface area (Å²) in [5, 5.41) is 3.96. The van der Waals surface area contributed by atoms with Crippen LogP contribution in [0.5, 0.6) is 0 Å². The Morgan fingerprint density at radius 1 is 1.14 bits per heavy atom. The molecule has 0 aliphatic rings. The van der Waals surface area contributed by atoms with E-state index in [2.05, 4.69) is 15.0 Å². The van der Waals surface area contributed by atoms with Crippen LogP contribution in [0.2, 0.25) is 5.02 Å². The van der Waals surface area contributed by atoms with E-state index in [0.29, 0.717) is 18.1 Å². The summed E-state index contributed by atoms with van der Waals surface area (Å²) in [7, 11) is -0.122. The van der Waals surface area contributed by atoms with Crippen LogP contribution in [0.1, 0.15) is 18.1 Å². The number of rotatable bonds is 7. The monoisotopic (exact) mass is 536 g/mol. The molecule has 154 valence electrons. The average molecular weight is 537 g/mol. The summed E-state index contributed by atoms with van der Waals surface area (Å²) in [6.07, 6.45) is 0. The maximum Gasteiger partial charge on any atom is 0.240 e. The summed E-state index contributed by atoms with van der Waals surface area (Å²) >= 11 is 6.06. The number of halogens is 2. The maximum absolute atomic E-state index is 12.0. The fourth-order valence-electron chi connectivity index (χ4n) is 2.55. The summed E-state index contributed by atoms with van der Waals surface area (Å²) in [5.41, 5.74) is 1.90. The summed E-state index contributed by atoms with van der Waals surface area (Å²) in [5.74, 6) is 0.736. The second-order valence-electron chi connectivity index (χ2n) is 6.01.